The Balaban J connectivity index is 2.21. The molecule has 0 aliphatic rings. The summed E-state index contributed by atoms with van der Waals surface area (Å²) in [4.78, 5) is 8.40. The van der Waals surface area contributed by atoms with E-state index in [0.29, 0.717) is 17.4 Å². The molecule has 0 radical (unpaired) electrons. The van der Waals surface area contributed by atoms with E-state index in [1.54, 1.807) is 17.2 Å². The molecule has 1 unspecified atom stereocenters. The Bertz CT molecular complexity index is 642. The fourth-order valence-corrected chi connectivity index (χ4v) is 2.13. The minimum absolute atomic E-state index is 0.368. The van der Waals surface area contributed by atoms with Crippen LogP contribution in [-0.4, -0.2) is 34.8 Å². The van der Waals surface area contributed by atoms with Crippen LogP contribution >= 0.6 is 0 Å². The quantitative estimate of drug-likeness (QED) is 0.643. The molecule has 1 atom stereocenters. The van der Waals surface area contributed by atoms with Gasteiger partial charge < -0.3 is 4.55 Å². The lowest BCUT2D eigenvalue weighted by Crippen LogP contribution is -2.26. The predicted octanol–water partition coefficient (Wildman–Crippen LogP) is 2.24. The zero-order chi connectivity index (χ0) is 15.6. The minimum Gasteiger partial charge on any atom is -0.591 e. The molecule has 0 amide bonds. The summed E-state index contributed by atoms with van der Waals surface area (Å²) < 4.78 is 17.5. The van der Waals surface area contributed by atoms with Gasteiger partial charge in [0.15, 0.2) is 5.82 Å². The fraction of sp³-hybridized carbons (Fsp3) is 0.429. The summed E-state index contributed by atoms with van der Waals surface area (Å²) in [6.07, 6.45) is 3.32. The van der Waals surface area contributed by atoms with E-state index in [4.69, 9.17) is 0 Å². The van der Waals surface area contributed by atoms with Crippen molar-refractivity contribution in [1.29, 1.82) is 0 Å². The van der Waals surface area contributed by atoms with Gasteiger partial charge in [0.25, 0.3) is 0 Å². The van der Waals surface area contributed by atoms with Gasteiger partial charge in [-0.2, -0.15) is 5.10 Å². The van der Waals surface area contributed by atoms with Crippen LogP contribution in [-0.2, 0) is 11.4 Å². The maximum atomic E-state index is 12.0. The van der Waals surface area contributed by atoms with Crippen molar-refractivity contribution in [2.45, 2.75) is 39.4 Å². The lowest BCUT2D eigenvalue weighted by molar-refractivity contribution is 0.561. The Labute approximate surface area is 127 Å². The molecule has 0 aliphatic carbocycles. The van der Waals surface area contributed by atoms with Crippen molar-refractivity contribution in [3.63, 3.8) is 0 Å². The SMILES string of the molecule is C/C(=N\[S+]([O-])C(C)(C)C)c1ccc(-n2cnc(C)n2)nc1. The second-order valence-electron chi connectivity index (χ2n) is 5.68. The molecule has 0 aliphatic heterocycles. The van der Waals surface area contributed by atoms with Crippen LogP contribution in [0.2, 0.25) is 0 Å². The van der Waals surface area contributed by atoms with E-state index in [-0.39, 0.29) is 4.75 Å². The average Bonchev–Trinajstić information content (AvgIpc) is 2.84. The molecule has 0 N–H and O–H groups in total. The zero-order valence-electron chi connectivity index (χ0n) is 12.9. The number of rotatable bonds is 3. The first-order chi connectivity index (χ1) is 9.77. The Kier molecular flexibility index (Phi) is 4.43. The lowest BCUT2D eigenvalue weighted by atomic mass is 10.2. The van der Waals surface area contributed by atoms with Crippen molar-refractivity contribution in [2.24, 2.45) is 4.40 Å². The van der Waals surface area contributed by atoms with Gasteiger partial charge in [-0.1, -0.05) is 4.40 Å². The summed E-state index contributed by atoms with van der Waals surface area (Å²) in [5, 5.41) is 4.20. The second-order valence-corrected chi connectivity index (χ2v) is 7.59. The van der Waals surface area contributed by atoms with Crippen molar-refractivity contribution in [3.05, 3.63) is 36.0 Å². The second kappa shape index (κ2) is 5.95. The van der Waals surface area contributed by atoms with E-state index in [2.05, 4.69) is 19.5 Å². The van der Waals surface area contributed by atoms with Gasteiger partial charge in [-0.15, -0.1) is 0 Å². The molecule has 0 saturated heterocycles. The molecule has 7 heteroatoms. The van der Waals surface area contributed by atoms with Gasteiger partial charge >= 0.3 is 0 Å². The van der Waals surface area contributed by atoms with Crippen LogP contribution in [0.25, 0.3) is 5.82 Å². The number of nitrogens with zero attached hydrogens (tertiary/aromatic N) is 5. The monoisotopic (exact) mass is 305 g/mol. The summed E-state index contributed by atoms with van der Waals surface area (Å²) in [5.74, 6) is 1.38. The van der Waals surface area contributed by atoms with Crippen LogP contribution < -0.4 is 0 Å². The summed E-state index contributed by atoms with van der Waals surface area (Å²) in [5.41, 5.74) is 1.55. The third kappa shape index (κ3) is 3.89. The van der Waals surface area contributed by atoms with Gasteiger partial charge in [-0.3, -0.25) is 0 Å². The summed E-state index contributed by atoms with van der Waals surface area (Å²) in [6, 6.07) is 3.72. The molecule has 6 nitrogen and oxygen atoms in total. The molecular formula is C14H19N5OS. The molecule has 2 rings (SSSR count). The molecule has 0 saturated carbocycles. The Morgan fingerprint density at radius 3 is 2.48 bits per heavy atom. The number of hydrogen-bond acceptors (Lipinski definition) is 5. The highest BCUT2D eigenvalue weighted by Crippen LogP contribution is 2.18. The van der Waals surface area contributed by atoms with E-state index < -0.39 is 11.4 Å². The van der Waals surface area contributed by atoms with Crippen molar-refractivity contribution in [1.82, 2.24) is 19.7 Å². The van der Waals surface area contributed by atoms with Crippen molar-refractivity contribution in [3.8, 4) is 5.82 Å². The fourth-order valence-electron chi connectivity index (χ4n) is 1.51. The van der Waals surface area contributed by atoms with E-state index >= 15 is 0 Å². The maximum Gasteiger partial charge on any atom is 0.155 e. The van der Waals surface area contributed by atoms with Gasteiger partial charge in [0.1, 0.15) is 28.3 Å². The van der Waals surface area contributed by atoms with Gasteiger partial charge in [-0.25, -0.2) is 14.6 Å². The van der Waals surface area contributed by atoms with Gasteiger partial charge in [0, 0.05) is 11.8 Å². The Morgan fingerprint density at radius 1 is 1.29 bits per heavy atom. The standard InChI is InChI=1S/C14H19N5OS/c1-10(18-21(20)14(3,4)5)12-6-7-13(15-8-12)19-9-16-11(2)17-19/h6-9H,1-5H3/b18-10+. The lowest BCUT2D eigenvalue weighted by Gasteiger charge is -2.18. The molecule has 21 heavy (non-hydrogen) atoms. The van der Waals surface area contributed by atoms with Crippen molar-refractivity contribution in [2.75, 3.05) is 0 Å². The van der Waals surface area contributed by atoms with E-state index in [1.165, 1.54) is 0 Å². The van der Waals surface area contributed by atoms with Crippen LogP contribution in [0.3, 0.4) is 0 Å². The van der Waals surface area contributed by atoms with Crippen LogP contribution in [0.15, 0.2) is 29.1 Å². The predicted molar refractivity (Wildman–Crippen MR) is 84.0 cm³/mol. The summed E-state index contributed by atoms with van der Waals surface area (Å²) in [6.45, 7) is 9.35. The highest BCUT2D eigenvalue weighted by molar-refractivity contribution is 7.91. The van der Waals surface area contributed by atoms with Crippen LogP contribution in [0.1, 0.15) is 39.1 Å². The summed E-state index contributed by atoms with van der Waals surface area (Å²) >= 11 is -1.27. The number of hydrogen-bond donors (Lipinski definition) is 0. The first-order valence-electron chi connectivity index (χ1n) is 6.60. The molecule has 2 aromatic rings. The van der Waals surface area contributed by atoms with Gasteiger partial charge in [0.2, 0.25) is 0 Å². The highest BCUT2D eigenvalue weighted by atomic mass is 32.2. The topological polar surface area (TPSA) is 79.0 Å². The molecule has 2 heterocycles. The molecule has 0 fully saturated rings. The van der Waals surface area contributed by atoms with Crippen molar-refractivity contribution >= 4 is 17.1 Å². The molecular weight excluding hydrogens is 286 g/mol. The zero-order valence-corrected chi connectivity index (χ0v) is 13.7. The molecule has 0 bridgehead atoms. The Morgan fingerprint density at radius 2 is 2.00 bits per heavy atom. The maximum absolute atomic E-state index is 12.0. The van der Waals surface area contributed by atoms with Crippen molar-refractivity contribution < 1.29 is 4.55 Å². The number of aromatic nitrogens is 4. The largest absolute Gasteiger partial charge is 0.591 e. The van der Waals surface area contributed by atoms with Crippen LogP contribution in [0, 0.1) is 6.92 Å². The van der Waals surface area contributed by atoms with E-state index in [9.17, 15) is 4.55 Å². The van der Waals surface area contributed by atoms with Crippen LogP contribution in [0.4, 0.5) is 0 Å². The normalized spacial score (nSPS) is 14.3. The van der Waals surface area contributed by atoms with Crippen LogP contribution in [0.5, 0.6) is 0 Å². The van der Waals surface area contributed by atoms with E-state index in [1.807, 2.05) is 46.8 Å². The van der Waals surface area contributed by atoms with Gasteiger partial charge in [-0.05, 0) is 46.8 Å². The Hall–Kier alpha value is -1.73. The third-order valence-corrected chi connectivity index (χ3v) is 4.24. The third-order valence-electron chi connectivity index (χ3n) is 2.75. The number of aryl methyl sites for hydroxylation is 1. The highest BCUT2D eigenvalue weighted by Gasteiger charge is 2.26. The molecule has 0 spiro atoms. The summed E-state index contributed by atoms with van der Waals surface area (Å²) in [7, 11) is 0. The number of pyridine rings is 1. The molecule has 112 valence electrons. The molecule has 2 aromatic heterocycles. The smallest absolute Gasteiger partial charge is 0.155 e. The molecule has 0 aromatic carbocycles. The first-order valence-corrected chi connectivity index (χ1v) is 7.70. The van der Waals surface area contributed by atoms with E-state index in [0.717, 1.165) is 5.56 Å². The first kappa shape index (κ1) is 15.7. The average molecular weight is 305 g/mol. The minimum atomic E-state index is -1.27. The van der Waals surface area contributed by atoms with Gasteiger partial charge in [0.05, 0.1) is 5.71 Å².